The molecule has 3 rings (SSSR count). The number of aryl methyl sites for hydroxylation is 1. The monoisotopic (exact) mass is 480 g/mol. The highest BCUT2D eigenvalue weighted by molar-refractivity contribution is 5.86. The first kappa shape index (κ1) is 25.5. The Hall–Kier alpha value is -3.14. The number of carbonyl (C=O) groups excluding carboxylic acids is 3. The second-order valence-corrected chi connectivity index (χ2v) is 8.10. The number of ether oxygens (including phenoxy) is 1. The van der Waals surface area contributed by atoms with Crippen LogP contribution in [0.4, 0.5) is 13.2 Å². The van der Waals surface area contributed by atoms with E-state index in [2.05, 4.69) is 4.74 Å². The van der Waals surface area contributed by atoms with Crippen molar-refractivity contribution in [1.29, 1.82) is 0 Å². The van der Waals surface area contributed by atoms with E-state index >= 15 is 0 Å². The van der Waals surface area contributed by atoms with E-state index in [9.17, 15) is 27.6 Å². The van der Waals surface area contributed by atoms with Gasteiger partial charge in [-0.3, -0.25) is 14.6 Å². The molecule has 1 amide bonds. The summed E-state index contributed by atoms with van der Waals surface area (Å²) in [6.07, 6.45) is -2.21. The molecule has 0 spiro atoms. The van der Waals surface area contributed by atoms with Crippen molar-refractivity contribution < 1.29 is 36.7 Å². The average Bonchev–Trinajstić information content (AvgIpc) is 3.27. The number of hydrogen-bond donors (Lipinski definition) is 0. The maximum atomic E-state index is 12.9. The Bertz CT molecular complexity index is 1020. The number of Topliss-reactive ketones (excluding diaryl/α,β-unsaturated/α-hetero) is 1. The first-order valence-electron chi connectivity index (χ1n) is 11.1. The van der Waals surface area contributed by atoms with Gasteiger partial charge >= 0.3 is 12.1 Å². The number of alkyl halides is 3. The summed E-state index contributed by atoms with van der Waals surface area (Å²) in [5.74, 6) is -0.0620. The van der Waals surface area contributed by atoms with Gasteiger partial charge in [0, 0.05) is 45.3 Å². The van der Waals surface area contributed by atoms with Gasteiger partial charge in [-0.25, -0.2) is 9.80 Å². The molecule has 2 heterocycles. The van der Waals surface area contributed by atoms with E-state index in [-0.39, 0.29) is 30.3 Å². The normalized spacial score (nSPS) is 14.9. The number of amides is 1. The summed E-state index contributed by atoms with van der Waals surface area (Å²) >= 11 is 0. The summed E-state index contributed by atoms with van der Waals surface area (Å²) in [5.41, 5.74) is -0.461. The van der Waals surface area contributed by atoms with Gasteiger partial charge in [-0.2, -0.15) is 13.2 Å². The maximum Gasteiger partial charge on any atom is 0.416 e. The molecule has 10 heteroatoms. The third-order valence-corrected chi connectivity index (χ3v) is 5.58. The zero-order valence-electron chi connectivity index (χ0n) is 18.9. The molecule has 0 saturated carbocycles. The lowest BCUT2D eigenvalue weighted by Gasteiger charge is -2.38. The molecule has 0 N–H and O–H groups in total. The number of carbonyl (C=O) groups is 3. The molecule has 7 nitrogen and oxygen atoms in total. The Balaban J connectivity index is 1.50. The van der Waals surface area contributed by atoms with Crippen molar-refractivity contribution in [2.75, 3.05) is 26.7 Å². The molecule has 0 atom stereocenters. The van der Waals surface area contributed by atoms with Crippen LogP contribution in [0, 0.1) is 0 Å². The molecule has 184 valence electrons. The van der Waals surface area contributed by atoms with Gasteiger partial charge in [-0.15, -0.1) is 0 Å². The van der Waals surface area contributed by atoms with E-state index < -0.39 is 17.7 Å². The smallest absolute Gasteiger partial charge is 0.416 e. The van der Waals surface area contributed by atoms with Crippen LogP contribution in [0.25, 0.3) is 0 Å². The first-order valence-corrected chi connectivity index (χ1v) is 11.1. The minimum atomic E-state index is -4.45. The van der Waals surface area contributed by atoms with Gasteiger partial charge in [0.2, 0.25) is 11.7 Å². The Morgan fingerprint density at radius 2 is 1.94 bits per heavy atom. The fourth-order valence-corrected chi connectivity index (χ4v) is 3.87. The van der Waals surface area contributed by atoms with Crippen LogP contribution in [0.2, 0.25) is 0 Å². The van der Waals surface area contributed by atoms with Gasteiger partial charge in [0.25, 0.3) is 0 Å². The van der Waals surface area contributed by atoms with E-state index in [0.717, 1.165) is 12.1 Å². The number of hydrogen-bond acceptors (Lipinski definition) is 6. The number of hydrazine groups is 1. The lowest BCUT2D eigenvalue weighted by Crippen LogP contribution is -2.51. The number of halogens is 3. The summed E-state index contributed by atoms with van der Waals surface area (Å²) < 4.78 is 48.7. The lowest BCUT2D eigenvalue weighted by atomic mass is 10.0. The Morgan fingerprint density at radius 1 is 1.15 bits per heavy atom. The van der Waals surface area contributed by atoms with E-state index in [1.165, 1.54) is 25.3 Å². The average molecular weight is 480 g/mol. The number of ketones is 1. The maximum absolute atomic E-state index is 12.9. The van der Waals surface area contributed by atoms with Crippen molar-refractivity contribution >= 4 is 17.7 Å². The number of esters is 1. The second-order valence-electron chi connectivity index (χ2n) is 8.10. The molecule has 1 fully saturated rings. The number of furan rings is 1. The number of benzene rings is 1. The molecule has 0 radical (unpaired) electrons. The SMILES string of the molecule is COC(=O)c1ccc(CCCN2C(=O)CCCN2CCC(=O)Cc2cccc(C(F)(F)F)c2)o1. The minimum absolute atomic E-state index is 0.0359. The van der Waals surface area contributed by atoms with Crippen molar-refractivity contribution in [3.8, 4) is 0 Å². The fourth-order valence-electron chi connectivity index (χ4n) is 3.87. The van der Waals surface area contributed by atoms with Gasteiger partial charge in [-0.05, 0) is 36.6 Å². The van der Waals surface area contributed by atoms with Crippen LogP contribution in [-0.2, 0) is 33.3 Å². The molecular formula is C24H27F3N2O5. The van der Waals surface area contributed by atoms with Gasteiger partial charge in [-0.1, -0.05) is 18.2 Å². The molecule has 1 aliphatic rings. The topological polar surface area (TPSA) is 80.1 Å². The van der Waals surface area contributed by atoms with Crippen LogP contribution >= 0.6 is 0 Å². The molecule has 1 saturated heterocycles. The van der Waals surface area contributed by atoms with Crippen LogP contribution in [0.5, 0.6) is 0 Å². The summed E-state index contributed by atoms with van der Waals surface area (Å²) in [5, 5.41) is 3.46. The van der Waals surface area contributed by atoms with E-state index in [1.807, 2.05) is 5.01 Å². The fraction of sp³-hybridized carbons (Fsp3) is 0.458. The van der Waals surface area contributed by atoms with Crippen LogP contribution < -0.4 is 0 Å². The number of nitrogens with zero attached hydrogens (tertiary/aromatic N) is 2. The molecule has 34 heavy (non-hydrogen) atoms. The van der Waals surface area contributed by atoms with Gasteiger partial charge < -0.3 is 9.15 Å². The van der Waals surface area contributed by atoms with Crippen molar-refractivity contribution in [3.05, 3.63) is 59.0 Å². The van der Waals surface area contributed by atoms with Crippen molar-refractivity contribution in [2.45, 2.75) is 44.7 Å². The second kappa shape index (κ2) is 11.3. The van der Waals surface area contributed by atoms with Gasteiger partial charge in [0.15, 0.2) is 0 Å². The standard InChI is InChI=1S/C24H27F3N2O5/c1-33-23(32)21-10-9-20(34-21)7-3-13-29-22(31)8-4-12-28(29)14-11-19(30)16-17-5-2-6-18(15-17)24(25,26)27/h2,5-6,9-10,15H,3-4,7-8,11-14,16H2,1H3. The number of rotatable bonds is 10. The molecule has 0 unspecified atom stereocenters. The number of methoxy groups -OCH3 is 1. The summed E-state index contributed by atoms with van der Waals surface area (Å²) in [7, 11) is 1.27. The summed E-state index contributed by atoms with van der Waals surface area (Å²) in [6, 6.07) is 8.00. The summed E-state index contributed by atoms with van der Waals surface area (Å²) in [6.45, 7) is 1.36. The van der Waals surface area contributed by atoms with Gasteiger partial charge in [0.05, 0.1) is 12.7 Å². The minimum Gasteiger partial charge on any atom is -0.463 e. The summed E-state index contributed by atoms with van der Waals surface area (Å²) in [4.78, 5) is 36.4. The van der Waals surface area contributed by atoms with Crippen LogP contribution in [0.1, 0.15) is 53.1 Å². The van der Waals surface area contributed by atoms with E-state index in [0.29, 0.717) is 56.6 Å². The highest BCUT2D eigenvalue weighted by Crippen LogP contribution is 2.29. The molecule has 1 aromatic heterocycles. The van der Waals surface area contributed by atoms with E-state index in [4.69, 9.17) is 4.42 Å². The van der Waals surface area contributed by atoms with Gasteiger partial charge in [0.1, 0.15) is 11.5 Å². The molecule has 0 bridgehead atoms. The Labute approximate surface area is 195 Å². The third-order valence-electron chi connectivity index (χ3n) is 5.58. The largest absolute Gasteiger partial charge is 0.463 e. The highest BCUT2D eigenvalue weighted by atomic mass is 19.4. The molecule has 2 aromatic rings. The van der Waals surface area contributed by atoms with Crippen LogP contribution in [0.15, 0.2) is 40.8 Å². The zero-order chi connectivity index (χ0) is 24.7. The third kappa shape index (κ3) is 6.93. The van der Waals surface area contributed by atoms with Crippen molar-refractivity contribution in [2.24, 2.45) is 0 Å². The Kier molecular flexibility index (Phi) is 8.49. The van der Waals surface area contributed by atoms with Crippen molar-refractivity contribution in [1.82, 2.24) is 10.0 Å². The molecule has 1 aromatic carbocycles. The first-order chi connectivity index (χ1) is 16.2. The predicted molar refractivity (Wildman–Crippen MR) is 116 cm³/mol. The Morgan fingerprint density at radius 3 is 2.68 bits per heavy atom. The zero-order valence-corrected chi connectivity index (χ0v) is 18.9. The molecule has 0 aliphatic carbocycles. The molecular weight excluding hydrogens is 453 g/mol. The molecule has 1 aliphatic heterocycles. The predicted octanol–water partition coefficient (Wildman–Crippen LogP) is 4.06. The highest BCUT2D eigenvalue weighted by Gasteiger charge is 2.30. The van der Waals surface area contributed by atoms with Crippen LogP contribution in [-0.4, -0.2) is 54.4 Å². The van der Waals surface area contributed by atoms with Crippen molar-refractivity contribution in [3.63, 3.8) is 0 Å². The quantitative estimate of drug-likeness (QED) is 0.477. The van der Waals surface area contributed by atoms with Crippen LogP contribution in [0.3, 0.4) is 0 Å². The lowest BCUT2D eigenvalue weighted by molar-refractivity contribution is -0.156. The van der Waals surface area contributed by atoms with E-state index in [1.54, 1.807) is 11.1 Å².